The Balaban J connectivity index is 3.40. The van der Waals surface area contributed by atoms with E-state index in [-0.39, 0.29) is 22.0 Å². The third kappa shape index (κ3) is 3.14. The highest BCUT2D eigenvalue weighted by Crippen LogP contribution is 2.43. The lowest BCUT2D eigenvalue weighted by atomic mass is 9.67. The molecule has 0 unspecified atom stereocenters. The second-order valence-electron chi connectivity index (χ2n) is 7.58. The average molecular weight is 313 g/mol. The molecule has 0 aromatic carbocycles. The molecule has 0 fully saturated rings. The smallest absolute Gasteiger partial charge is 0.185 e. The number of ketones is 1. The lowest BCUT2D eigenvalue weighted by molar-refractivity contribution is -0.114. The third-order valence-electron chi connectivity index (χ3n) is 3.34. The van der Waals surface area contributed by atoms with Gasteiger partial charge in [-0.1, -0.05) is 76.5 Å². The molecule has 1 aliphatic carbocycles. The molecule has 0 heterocycles. The summed E-state index contributed by atoms with van der Waals surface area (Å²) in [5.74, 6) is 0.216. The van der Waals surface area contributed by atoms with Crippen molar-refractivity contribution in [1.29, 1.82) is 0 Å². The van der Waals surface area contributed by atoms with Crippen molar-refractivity contribution in [2.45, 2.75) is 48.5 Å². The highest BCUT2D eigenvalue weighted by Gasteiger charge is 2.38. The van der Waals surface area contributed by atoms with Crippen LogP contribution in [0.2, 0.25) is 0 Å². The van der Waals surface area contributed by atoms with Gasteiger partial charge in [-0.3, -0.25) is 4.79 Å². The molecule has 18 heavy (non-hydrogen) atoms. The van der Waals surface area contributed by atoms with Crippen molar-refractivity contribution in [2.75, 3.05) is 5.33 Å². The molecule has 0 spiro atoms. The molecule has 0 aromatic rings. The Morgan fingerprint density at radius 1 is 1.00 bits per heavy atom. The second kappa shape index (κ2) is 4.63. The molecular weight excluding hydrogens is 288 g/mol. The SMILES string of the molecule is CC1(CBr)C=C(C(C)(C)C)C(=O)C(C(C)(C)C)=C1. The van der Waals surface area contributed by atoms with Gasteiger partial charge in [0.25, 0.3) is 0 Å². The van der Waals surface area contributed by atoms with Gasteiger partial charge in [0.2, 0.25) is 0 Å². The molecule has 1 rings (SSSR count). The van der Waals surface area contributed by atoms with Crippen LogP contribution in [0.25, 0.3) is 0 Å². The van der Waals surface area contributed by atoms with Crippen LogP contribution in [0.3, 0.4) is 0 Å². The first-order valence-electron chi connectivity index (χ1n) is 6.48. The van der Waals surface area contributed by atoms with Crippen molar-refractivity contribution < 1.29 is 4.79 Å². The van der Waals surface area contributed by atoms with E-state index in [2.05, 4.69) is 76.5 Å². The first-order valence-corrected chi connectivity index (χ1v) is 7.60. The zero-order chi connectivity index (χ0) is 14.4. The third-order valence-corrected chi connectivity index (χ3v) is 4.55. The van der Waals surface area contributed by atoms with Gasteiger partial charge in [-0.05, 0) is 10.8 Å². The van der Waals surface area contributed by atoms with Crippen LogP contribution in [0.1, 0.15) is 48.5 Å². The first-order chi connectivity index (χ1) is 7.91. The molecule has 0 N–H and O–H groups in total. The minimum Gasteiger partial charge on any atom is -0.289 e. The number of halogens is 1. The summed E-state index contributed by atoms with van der Waals surface area (Å²) in [7, 11) is 0. The number of Topliss-reactive ketones (excluding diaryl/α,β-unsaturated/α-hetero) is 1. The fourth-order valence-electron chi connectivity index (χ4n) is 2.17. The Morgan fingerprint density at radius 2 is 1.33 bits per heavy atom. The maximum absolute atomic E-state index is 12.7. The van der Waals surface area contributed by atoms with Crippen LogP contribution in [0, 0.1) is 16.2 Å². The highest BCUT2D eigenvalue weighted by molar-refractivity contribution is 9.09. The molecular formula is C16H25BrO. The van der Waals surface area contributed by atoms with E-state index in [1.807, 2.05) is 0 Å². The minimum atomic E-state index is -0.106. The maximum Gasteiger partial charge on any atom is 0.185 e. The summed E-state index contributed by atoms with van der Waals surface area (Å²) in [4.78, 5) is 12.7. The van der Waals surface area contributed by atoms with Gasteiger partial charge in [0, 0.05) is 21.9 Å². The average Bonchev–Trinajstić information content (AvgIpc) is 2.18. The van der Waals surface area contributed by atoms with Gasteiger partial charge in [-0.25, -0.2) is 0 Å². The van der Waals surface area contributed by atoms with Gasteiger partial charge in [0.05, 0.1) is 0 Å². The van der Waals surface area contributed by atoms with Crippen LogP contribution in [0.5, 0.6) is 0 Å². The number of hydrogen-bond acceptors (Lipinski definition) is 1. The second-order valence-corrected chi connectivity index (χ2v) is 8.15. The van der Waals surface area contributed by atoms with Crippen LogP contribution < -0.4 is 0 Å². The normalized spacial score (nSPS) is 20.6. The maximum atomic E-state index is 12.7. The van der Waals surface area contributed by atoms with Gasteiger partial charge in [0.15, 0.2) is 5.78 Å². The van der Waals surface area contributed by atoms with Gasteiger partial charge in [-0.15, -0.1) is 0 Å². The number of carbonyl (C=O) groups is 1. The molecule has 2 heteroatoms. The Labute approximate surface area is 120 Å². The van der Waals surface area contributed by atoms with Crippen LogP contribution in [-0.2, 0) is 4.79 Å². The van der Waals surface area contributed by atoms with Crippen molar-refractivity contribution >= 4 is 21.7 Å². The van der Waals surface area contributed by atoms with E-state index in [1.54, 1.807) is 0 Å². The van der Waals surface area contributed by atoms with Gasteiger partial charge < -0.3 is 0 Å². The zero-order valence-electron chi connectivity index (χ0n) is 12.6. The number of rotatable bonds is 1. The summed E-state index contributed by atoms with van der Waals surface area (Å²) in [6, 6.07) is 0. The number of allylic oxidation sites excluding steroid dienone is 4. The fourth-order valence-corrected chi connectivity index (χ4v) is 2.49. The van der Waals surface area contributed by atoms with E-state index in [0.29, 0.717) is 0 Å². The predicted molar refractivity (Wildman–Crippen MR) is 82.0 cm³/mol. The molecule has 0 saturated heterocycles. The van der Waals surface area contributed by atoms with E-state index in [1.165, 1.54) is 0 Å². The Hall–Kier alpha value is -0.370. The molecule has 1 aliphatic rings. The van der Waals surface area contributed by atoms with E-state index in [9.17, 15) is 4.79 Å². The van der Waals surface area contributed by atoms with E-state index in [4.69, 9.17) is 0 Å². The number of alkyl halides is 1. The largest absolute Gasteiger partial charge is 0.289 e. The Bertz CT molecular complexity index is 379. The lowest BCUT2D eigenvalue weighted by Gasteiger charge is -2.36. The van der Waals surface area contributed by atoms with Crippen molar-refractivity contribution in [3.05, 3.63) is 23.3 Å². The number of hydrogen-bond donors (Lipinski definition) is 0. The molecule has 0 radical (unpaired) electrons. The van der Waals surface area contributed by atoms with E-state index < -0.39 is 0 Å². The van der Waals surface area contributed by atoms with Crippen molar-refractivity contribution in [2.24, 2.45) is 16.2 Å². The van der Waals surface area contributed by atoms with Crippen LogP contribution in [-0.4, -0.2) is 11.1 Å². The van der Waals surface area contributed by atoms with E-state index >= 15 is 0 Å². The Kier molecular flexibility index (Phi) is 4.03. The van der Waals surface area contributed by atoms with Crippen LogP contribution in [0.15, 0.2) is 23.3 Å². The first kappa shape index (κ1) is 15.7. The molecule has 0 aromatic heterocycles. The van der Waals surface area contributed by atoms with Crippen molar-refractivity contribution in [3.63, 3.8) is 0 Å². The molecule has 102 valence electrons. The van der Waals surface area contributed by atoms with Gasteiger partial charge in [-0.2, -0.15) is 0 Å². The van der Waals surface area contributed by atoms with Crippen molar-refractivity contribution in [3.8, 4) is 0 Å². The topological polar surface area (TPSA) is 17.1 Å². The van der Waals surface area contributed by atoms with Crippen molar-refractivity contribution in [1.82, 2.24) is 0 Å². The highest BCUT2D eigenvalue weighted by atomic mass is 79.9. The standard InChI is InChI=1S/C16H25BrO/c1-14(2,3)11-8-16(7,10-17)9-12(13(11)18)15(4,5)6/h8-9H,10H2,1-7H3. The monoisotopic (exact) mass is 312 g/mol. The molecule has 1 nitrogen and oxygen atoms in total. The van der Waals surface area contributed by atoms with E-state index in [0.717, 1.165) is 16.5 Å². The Morgan fingerprint density at radius 3 is 1.56 bits per heavy atom. The summed E-state index contributed by atoms with van der Waals surface area (Å²) in [5, 5.41) is 0.840. The van der Waals surface area contributed by atoms with Crippen LogP contribution >= 0.6 is 15.9 Å². The summed E-state index contributed by atoms with van der Waals surface area (Å²) in [5.41, 5.74) is 1.60. The quantitative estimate of drug-likeness (QED) is 0.628. The molecule has 0 atom stereocenters. The fraction of sp³-hybridized carbons (Fsp3) is 0.688. The summed E-state index contributed by atoms with van der Waals surface area (Å²) in [6.45, 7) is 14.8. The summed E-state index contributed by atoms with van der Waals surface area (Å²) >= 11 is 3.57. The predicted octanol–water partition coefficient (Wildman–Crippen LogP) is 4.92. The molecule has 0 amide bonds. The minimum absolute atomic E-state index is 0.0703. The molecule has 0 bridgehead atoms. The summed E-state index contributed by atoms with van der Waals surface area (Å²) < 4.78 is 0. The number of carbonyl (C=O) groups excluding carboxylic acids is 1. The molecule has 0 aliphatic heterocycles. The zero-order valence-corrected chi connectivity index (χ0v) is 14.2. The van der Waals surface area contributed by atoms with Crippen LogP contribution in [0.4, 0.5) is 0 Å². The van der Waals surface area contributed by atoms with Gasteiger partial charge in [0.1, 0.15) is 0 Å². The van der Waals surface area contributed by atoms with Gasteiger partial charge >= 0.3 is 0 Å². The molecule has 0 saturated carbocycles. The lowest BCUT2D eigenvalue weighted by Crippen LogP contribution is -2.33. The summed E-state index contributed by atoms with van der Waals surface area (Å²) in [6.07, 6.45) is 4.28.